The summed E-state index contributed by atoms with van der Waals surface area (Å²) in [5.74, 6) is -0.251. The zero-order valence-corrected chi connectivity index (χ0v) is 23.3. The summed E-state index contributed by atoms with van der Waals surface area (Å²) in [6.07, 6.45) is 1.14. The van der Waals surface area contributed by atoms with Gasteiger partial charge in [-0.15, -0.1) is 11.8 Å². The number of nitrogens with one attached hydrogen (secondary N) is 1. The molecule has 2 atom stereocenters. The van der Waals surface area contributed by atoms with Gasteiger partial charge in [-0.2, -0.15) is 0 Å². The van der Waals surface area contributed by atoms with E-state index >= 15 is 0 Å². The van der Waals surface area contributed by atoms with E-state index in [0.29, 0.717) is 27.1 Å². The first-order valence-corrected chi connectivity index (χ1v) is 13.9. The number of amides is 2. The van der Waals surface area contributed by atoms with Gasteiger partial charge in [0.25, 0.3) is 0 Å². The van der Waals surface area contributed by atoms with Crippen molar-refractivity contribution < 1.29 is 9.59 Å². The molecule has 0 unspecified atom stereocenters. The SMILES string of the molecule is CC[C@H](C)NC(=O)[C@@H](Cc1ccccc1)N(Cc1c(Cl)cccc1Cl)C(=O)CSc1ccc(Cl)cc1. The summed E-state index contributed by atoms with van der Waals surface area (Å²) in [7, 11) is 0. The van der Waals surface area contributed by atoms with E-state index in [1.165, 1.54) is 11.8 Å². The van der Waals surface area contributed by atoms with Crippen LogP contribution >= 0.6 is 46.6 Å². The normalized spacial score (nSPS) is 12.6. The Morgan fingerprint density at radius 1 is 0.917 bits per heavy atom. The lowest BCUT2D eigenvalue weighted by Gasteiger charge is -2.32. The van der Waals surface area contributed by atoms with Crippen LogP contribution in [0.15, 0.2) is 77.7 Å². The smallest absolute Gasteiger partial charge is 0.243 e. The van der Waals surface area contributed by atoms with Crippen molar-refractivity contribution >= 4 is 58.4 Å². The van der Waals surface area contributed by atoms with Crippen LogP contribution in [0.25, 0.3) is 0 Å². The number of halogens is 3. The second-order valence-electron chi connectivity index (χ2n) is 8.49. The Hall–Kier alpha value is -2.18. The van der Waals surface area contributed by atoms with Gasteiger partial charge in [0.15, 0.2) is 0 Å². The second-order valence-corrected chi connectivity index (χ2v) is 10.8. The summed E-state index contributed by atoms with van der Waals surface area (Å²) in [5, 5.41) is 4.59. The molecule has 0 bridgehead atoms. The zero-order valence-electron chi connectivity index (χ0n) is 20.2. The highest BCUT2D eigenvalue weighted by Crippen LogP contribution is 2.28. The first-order chi connectivity index (χ1) is 17.3. The molecule has 0 heterocycles. The van der Waals surface area contributed by atoms with Crippen molar-refractivity contribution in [1.29, 1.82) is 0 Å². The molecule has 0 aliphatic rings. The molecule has 0 radical (unpaired) electrons. The summed E-state index contributed by atoms with van der Waals surface area (Å²) in [5.41, 5.74) is 1.57. The second kappa shape index (κ2) is 13.9. The molecule has 3 aromatic carbocycles. The van der Waals surface area contributed by atoms with Gasteiger partial charge in [0, 0.05) is 44.5 Å². The van der Waals surface area contributed by atoms with Crippen LogP contribution < -0.4 is 5.32 Å². The molecule has 36 heavy (non-hydrogen) atoms. The molecule has 0 fully saturated rings. The van der Waals surface area contributed by atoms with Gasteiger partial charge in [-0.05, 0) is 55.3 Å². The molecule has 3 aromatic rings. The Bertz CT molecular complexity index is 1140. The molecule has 0 aliphatic heterocycles. The van der Waals surface area contributed by atoms with Crippen molar-refractivity contribution in [3.8, 4) is 0 Å². The lowest BCUT2D eigenvalue weighted by molar-refractivity contribution is -0.139. The maximum Gasteiger partial charge on any atom is 0.243 e. The van der Waals surface area contributed by atoms with Crippen LogP contribution in [0.5, 0.6) is 0 Å². The molecule has 0 saturated heterocycles. The van der Waals surface area contributed by atoms with Gasteiger partial charge in [-0.25, -0.2) is 0 Å². The maximum absolute atomic E-state index is 13.7. The van der Waals surface area contributed by atoms with E-state index < -0.39 is 6.04 Å². The van der Waals surface area contributed by atoms with E-state index in [2.05, 4.69) is 5.32 Å². The van der Waals surface area contributed by atoms with Crippen molar-refractivity contribution in [3.63, 3.8) is 0 Å². The van der Waals surface area contributed by atoms with Crippen LogP contribution in [0.2, 0.25) is 15.1 Å². The predicted molar refractivity (Wildman–Crippen MR) is 151 cm³/mol. The van der Waals surface area contributed by atoms with Gasteiger partial charge in [-0.1, -0.05) is 78.1 Å². The molecule has 0 aromatic heterocycles. The summed E-state index contributed by atoms with van der Waals surface area (Å²) in [6, 6.07) is 21.4. The maximum atomic E-state index is 13.7. The Kier molecular flexibility index (Phi) is 11.0. The highest BCUT2D eigenvalue weighted by molar-refractivity contribution is 8.00. The molecule has 190 valence electrons. The van der Waals surface area contributed by atoms with Crippen LogP contribution in [0.3, 0.4) is 0 Å². The van der Waals surface area contributed by atoms with Gasteiger partial charge in [0.2, 0.25) is 11.8 Å². The molecular weight excluding hydrogens is 535 g/mol. The Morgan fingerprint density at radius 2 is 1.56 bits per heavy atom. The van der Waals surface area contributed by atoms with Crippen molar-refractivity contribution in [2.24, 2.45) is 0 Å². The lowest BCUT2D eigenvalue weighted by atomic mass is 10.0. The Balaban J connectivity index is 1.95. The topological polar surface area (TPSA) is 49.4 Å². The molecule has 2 amide bonds. The number of nitrogens with zero attached hydrogens (tertiary/aromatic N) is 1. The van der Waals surface area contributed by atoms with Crippen LogP contribution in [0, 0.1) is 0 Å². The molecule has 3 rings (SSSR count). The largest absolute Gasteiger partial charge is 0.352 e. The molecule has 8 heteroatoms. The van der Waals surface area contributed by atoms with Crippen LogP contribution in [-0.4, -0.2) is 34.6 Å². The standard InChI is InChI=1S/C28H29Cl3N2O2S/c1-3-19(2)32-28(35)26(16-20-8-5-4-6-9-20)33(17-23-24(30)10-7-11-25(23)31)27(34)18-36-22-14-12-21(29)13-15-22/h4-15,19,26H,3,16-18H2,1-2H3,(H,32,35)/t19-,26+/m0/s1. The number of thioether (sulfide) groups is 1. The van der Waals surface area contributed by atoms with Crippen molar-refractivity contribution in [2.45, 2.75) is 50.2 Å². The third kappa shape index (κ3) is 8.17. The van der Waals surface area contributed by atoms with E-state index in [1.54, 1.807) is 35.2 Å². The minimum atomic E-state index is -0.743. The molecule has 0 saturated carbocycles. The minimum Gasteiger partial charge on any atom is -0.352 e. The van der Waals surface area contributed by atoms with E-state index in [9.17, 15) is 9.59 Å². The summed E-state index contributed by atoms with van der Waals surface area (Å²) in [6.45, 7) is 4.07. The first-order valence-electron chi connectivity index (χ1n) is 11.7. The fourth-order valence-corrected chi connectivity index (χ4v) is 5.04. The molecule has 4 nitrogen and oxygen atoms in total. The average Bonchev–Trinajstić information content (AvgIpc) is 2.87. The molecule has 0 aliphatic carbocycles. The summed E-state index contributed by atoms with van der Waals surface area (Å²) in [4.78, 5) is 29.8. The van der Waals surface area contributed by atoms with Gasteiger partial charge in [-0.3, -0.25) is 9.59 Å². The zero-order chi connectivity index (χ0) is 26.1. The fraction of sp³-hybridized carbons (Fsp3) is 0.286. The molecule has 1 N–H and O–H groups in total. The van der Waals surface area contributed by atoms with Crippen molar-refractivity contribution in [2.75, 3.05) is 5.75 Å². The van der Waals surface area contributed by atoms with Gasteiger partial charge in [0.05, 0.1) is 5.75 Å². The van der Waals surface area contributed by atoms with E-state index in [-0.39, 0.29) is 30.2 Å². The third-order valence-electron chi connectivity index (χ3n) is 5.84. The number of carbonyl (C=O) groups excluding carboxylic acids is 2. The van der Waals surface area contributed by atoms with E-state index in [4.69, 9.17) is 34.8 Å². The Morgan fingerprint density at radius 3 is 2.17 bits per heavy atom. The van der Waals surface area contributed by atoms with E-state index in [0.717, 1.165) is 16.9 Å². The number of hydrogen-bond donors (Lipinski definition) is 1. The quantitative estimate of drug-likeness (QED) is 0.249. The predicted octanol–water partition coefficient (Wildman–Crippen LogP) is 7.29. The third-order valence-corrected chi connectivity index (χ3v) is 7.80. The monoisotopic (exact) mass is 562 g/mol. The number of benzene rings is 3. The Labute approximate surface area is 232 Å². The summed E-state index contributed by atoms with van der Waals surface area (Å²) >= 11 is 20.3. The number of carbonyl (C=O) groups is 2. The van der Waals surface area contributed by atoms with Crippen LogP contribution in [0.4, 0.5) is 0 Å². The van der Waals surface area contributed by atoms with Crippen LogP contribution in [0.1, 0.15) is 31.4 Å². The summed E-state index contributed by atoms with van der Waals surface area (Å²) < 4.78 is 0. The average molecular weight is 564 g/mol. The fourth-order valence-electron chi connectivity index (χ4n) is 3.61. The highest BCUT2D eigenvalue weighted by atomic mass is 35.5. The van der Waals surface area contributed by atoms with Crippen molar-refractivity contribution in [1.82, 2.24) is 10.2 Å². The van der Waals surface area contributed by atoms with E-state index in [1.807, 2.05) is 56.3 Å². The van der Waals surface area contributed by atoms with Gasteiger partial charge >= 0.3 is 0 Å². The van der Waals surface area contributed by atoms with Crippen LogP contribution in [-0.2, 0) is 22.6 Å². The number of rotatable bonds is 11. The highest BCUT2D eigenvalue weighted by Gasteiger charge is 2.31. The first kappa shape index (κ1) is 28.4. The molecule has 0 spiro atoms. The van der Waals surface area contributed by atoms with Gasteiger partial charge in [0.1, 0.15) is 6.04 Å². The minimum absolute atomic E-state index is 0.0277. The number of hydrogen-bond acceptors (Lipinski definition) is 3. The lowest BCUT2D eigenvalue weighted by Crippen LogP contribution is -2.52. The van der Waals surface area contributed by atoms with Gasteiger partial charge < -0.3 is 10.2 Å². The van der Waals surface area contributed by atoms with Crippen molar-refractivity contribution in [3.05, 3.63) is 99.0 Å². The molecular formula is C28H29Cl3N2O2S.